The first-order chi connectivity index (χ1) is 9.54. The maximum Gasteiger partial charge on any atom is 0.123 e. The molecule has 0 fully saturated rings. The van der Waals surface area contributed by atoms with Crippen LogP contribution in [-0.4, -0.2) is 28.6 Å². The lowest BCUT2D eigenvalue weighted by molar-refractivity contribution is 0.171. The molecule has 1 unspecified atom stereocenters. The summed E-state index contributed by atoms with van der Waals surface area (Å²) in [5.41, 5.74) is 2.46. The van der Waals surface area contributed by atoms with Gasteiger partial charge in [-0.3, -0.25) is 4.68 Å². The molecule has 1 heterocycles. The molecular weight excluding hydrogens is 344 g/mol. The van der Waals surface area contributed by atoms with Crippen molar-refractivity contribution in [1.82, 2.24) is 9.78 Å². The predicted molar refractivity (Wildman–Crippen MR) is 82.1 cm³/mol. The van der Waals surface area contributed by atoms with Gasteiger partial charge in [-0.05, 0) is 18.6 Å². The fourth-order valence-corrected chi connectivity index (χ4v) is 2.96. The standard InChI is InChI=1S/C14H16BrClN2O2/c1-9-3-4-10(11(15)7-9)14(19)13-12(16)8-17-18(13)5-6-20-2/h3-4,7-8,14,19H,5-6H2,1-2H3. The van der Waals surface area contributed by atoms with Crippen LogP contribution < -0.4 is 0 Å². The van der Waals surface area contributed by atoms with Gasteiger partial charge in [-0.15, -0.1) is 0 Å². The van der Waals surface area contributed by atoms with E-state index in [0.29, 0.717) is 23.9 Å². The second-order valence-corrected chi connectivity index (χ2v) is 5.78. The van der Waals surface area contributed by atoms with Crippen molar-refractivity contribution in [3.8, 4) is 0 Å². The summed E-state index contributed by atoms with van der Waals surface area (Å²) < 4.78 is 7.56. The Balaban J connectivity index is 2.37. The maximum atomic E-state index is 10.6. The van der Waals surface area contributed by atoms with Crippen molar-refractivity contribution in [2.45, 2.75) is 19.6 Å². The van der Waals surface area contributed by atoms with E-state index in [1.807, 2.05) is 25.1 Å². The summed E-state index contributed by atoms with van der Waals surface area (Å²) in [6.07, 6.45) is 0.703. The predicted octanol–water partition coefficient (Wildman–Crippen LogP) is 3.34. The summed E-state index contributed by atoms with van der Waals surface area (Å²) in [4.78, 5) is 0. The lowest BCUT2D eigenvalue weighted by Crippen LogP contribution is -2.14. The number of hydrogen-bond acceptors (Lipinski definition) is 3. The monoisotopic (exact) mass is 358 g/mol. The Morgan fingerprint density at radius 2 is 2.25 bits per heavy atom. The Hall–Kier alpha value is -0.880. The number of ether oxygens (including phenoxy) is 1. The first-order valence-electron chi connectivity index (χ1n) is 6.19. The van der Waals surface area contributed by atoms with Crippen LogP contribution in [-0.2, 0) is 11.3 Å². The Morgan fingerprint density at radius 3 is 2.90 bits per heavy atom. The minimum atomic E-state index is -0.836. The summed E-state index contributed by atoms with van der Waals surface area (Å²) in [7, 11) is 1.62. The molecule has 0 radical (unpaired) electrons. The summed E-state index contributed by atoms with van der Waals surface area (Å²) in [5, 5.41) is 15.2. The number of aromatic nitrogens is 2. The van der Waals surface area contributed by atoms with Crippen molar-refractivity contribution in [2.75, 3.05) is 13.7 Å². The van der Waals surface area contributed by atoms with Gasteiger partial charge in [0.1, 0.15) is 6.10 Å². The van der Waals surface area contributed by atoms with E-state index < -0.39 is 6.10 Å². The lowest BCUT2D eigenvalue weighted by atomic mass is 10.0. The molecule has 2 aromatic rings. The molecule has 108 valence electrons. The first-order valence-corrected chi connectivity index (χ1v) is 7.36. The highest BCUT2D eigenvalue weighted by atomic mass is 79.9. The van der Waals surface area contributed by atoms with Crippen LogP contribution in [0.25, 0.3) is 0 Å². The largest absolute Gasteiger partial charge is 0.383 e. The van der Waals surface area contributed by atoms with E-state index in [4.69, 9.17) is 16.3 Å². The summed E-state index contributed by atoms with van der Waals surface area (Å²) in [6.45, 7) is 3.04. The molecule has 0 amide bonds. The van der Waals surface area contributed by atoms with Crippen LogP contribution in [0.3, 0.4) is 0 Å². The third-order valence-electron chi connectivity index (χ3n) is 3.05. The summed E-state index contributed by atoms with van der Waals surface area (Å²) in [5.74, 6) is 0. The number of benzene rings is 1. The van der Waals surface area contributed by atoms with Crippen molar-refractivity contribution in [3.63, 3.8) is 0 Å². The van der Waals surface area contributed by atoms with Crippen LogP contribution in [0.1, 0.15) is 22.9 Å². The highest BCUT2D eigenvalue weighted by Gasteiger charge is 2.21. The molecule has 0 spiro atoms. The minimum absolute atomic E-state index is 0.445. The van der Waals surface area contributed by atoms with Crippen molar-refractivity contribution in [1.29, 1.82) is 0 Å². The molecule has 0 bridgehead atoms. The van der Waals surface area contributed by atoms with Crippen molar-refractivity contribution in [2.24, 2.45) is 0 Å². The Bertz CT molecular complexity index is 601. The van der Waals surface area contributed by atoms with E-state index in [1.54, 1.807) is 11.8 Å². The second kappa shape index (κ2) is 6.72. The second-order valence-electron chi connectivity index (χ2n) is 4.52. The van der Waals surface area contributed by atoms with E-state index in [9.17, 15) is 5.11 Å². The zero-order valence-electron chi connectivity index (χ0n) is 11.3. The average molecular weight is 360 g/mol. The van der Waals surface area contributed by atoms with Gasteiger partial charge in [-0.2, -0.15) is 5.10 Å². The topological polar surface area (TPSA) is 47.3 Å². The molecule has 0 aliphatic heterocycles. The molecule has 1 aromatic carbocycles. The number of aliphatic hydroxyl groups is 1. The van der Waals surface area contributed by atoms with E-state index >= 15 is 0 Å². The van der Waals surface area contributed by atoms with Gasteiger partial charge < -0.3 is 9.84 Å². The SMILES string of the molecule is COCCn1ncc(Cl)c1C(O)c1ccc(C)cc1Br. The molecule has 6 heteroatoms. The maximum absolute atomic E-state index is 10.6. The van der Waals surface area contributed by atoms with Gasteiger partial charge in [0.2, 0.25) is 0 Å². The highest BCUT2D eigenvalue weighted by Crippen LogP contribution is 2.32. The summed E-state index contributed by atoms with van der Waals surface area (Å²) in [6, 6.07) is 5.80. The minimum Gasteiger partial charge on any atom is -0.383 e. The zero-order valence-corrected chi connectivity index (χ0v) is 13.6. The molecule has 0 aliphatic rings. The molecule has 1 N–H and O–H groups in total. The van der Waals surface area contributed by atoms with Gasteiger partial charge >= 0.3 is 0 Å². The van der Waals surface area contributed by atoms with Gasteiger partial charge in [-0.1, -0.05) is 39.7 Å². The van der Waals surface area contributed by atoms with Gasteiger partial charge in [0, 0.05) is 17.1 Å². The molecule has 0 saturated carbocycles. The van der Waals surface area contributed by atoms with Gasteiger partial charge in [0.15, 0.2) is 0 Å². The molecule has 1 aromatic heterocycles. The molecule has 4 nitrogen and oxygen atoms in total. The van der Waals surface area contributed by atoms with Gasteiger partial charge in [0.25, 0.3) is 0 Å². The number of aliphatic hydroxyl groups excluding tert-OH is 1. The van der Waals surface area contributed by atoms with E-state index in [0.717, 1.165) is 15.6 Å². The average Bonchev–Trinajstić information content (AvgIpc) is 2.77. The van der Waals surface area contributed by atoms with Crippen LogP contribution in [0.15, 0.2) is 28.9 Å². The zero-order chi connectivity index (χ0) is 14.7. The fraction of sp³-hybridized carbons (Fsp3) is 0.357. The Morgan fingerprint density at radius 1 is 1.50 bits per heavy atom. The molecule has 20 heavy (non-hydrogen) atoms. The van der Waals surface area contributed by atoms with Crippen LogP contribution in [0.4, 0.5) is 0 Å². The van der Waals surface area contributed by atoms with E-state index in [2.05, 4.69) is 21.0 Å². The van der Waals surface area contributed by atoms with Crippen LogP contribution in [0, 0.1) is 6.92 Å². The Kier molecular flexibility index (Phi) is 5.21. The molecule has 1 atom stereocenters. The number of aryl methyl sites for hydroxylation is 1. The molecule has 0 aliphatic carbocycles. The van der Waals surface area contributed by atoms with Crippen molar-refractivity contribution in [3.05, 3.63) is 50.7 Å². The van der Waals surface area contributed by atoms with Gasteiger partial charge in [0.05, 0.1) is 30.1 Å². The lowest BCUT2D eigenvalue weighted by Gasteiger charge is -2.16. The highest BCUT2D eigenvalue weighted by molar-refractivity contribution is 9.10. The van der Waals surface area contributed by atoms with Crippen molar-refractivity contribution >= 4 is 27.5 Å². The van der Waals surface area contributed by atoms with Crippen LogP contribution in [0.5, 0.6) is 0 Å². The fourth-order valence-electron chi connectivity index (χ4n) is 2.00. The third-order valence-corrected chi connectivity index (χ3v) is 4.03. The van der Waals surface area contributed by atoms with E-state index in [1.165, 1.54) is 6.20 Å². The molecule has 2 rings (SSSR count). The summed E-state index contributed by atoms with van der Waals surface area (Å²) >= 11 is 9.63. The quantitative estimate of drug-likeness (QED) is 0.890. The normalized spacial score (nSPS) is 12.7. The number of methoxy groups -OCH3 is 1. The molecule has 0 saturated heterocycles. The first kappa shape index (κ1) is 15.5. The third kappa shape index (κ3) is 3.23. The van der Waals surface area contributed by atoms with Crippen LogP contribution >= 0.6 is 27.5 Å². The van der Waals surface area contributed by atoms with Gasteiger partial charge in [-0.25, -0.2) is 0 Å². The van der Waals surface area contributed by atoms with Crippen molar-refractivity contribution < 1.29 is 9.84 Å². The van der Waals surface area contributed by atoms with Crippen LogP contribution in [0.2, 0.25) is 5.02 Å². The smallest absolute Gasteiger partial charge is 0.123 e. The number of nitrogens with zero attached hydrogens (tertiary/aromatic N) is 2. The number of rotatable bonds is 5. The number of halogens is 2. The molecular formula is C14H16BrClN2O2. The Labute approximate surface area is 131 Å². The van der Waals surface area contributed by atoms with E-state index in [-0.39, 0.29) is 0 Å². The number of hydrogen-bond donors (Lipinski definition) is 1.